The number of nitrogens with zero attached hydrogens (tertiary/aromatic N) is 2. The van der Waals surface area contributed by atoms with Crippen LogP contribution in [0.15, 0.2) is 35.8 Å². The lowest BCUT2D eigenvalue weighted by atomic mass is 9.89. The number of rotatable bonds is 5. The van der Waals surface area contributed by atoms with Crippen LogP contribution in [0.2, 0.25) is 5.02 Å². The van der Waals surface area contributed by atoms with Crippen molar-refractivity contribution in [2.24, 2.45) is 5.92 Å². The average molecular weight is 364 g/mol. The van der Waals surface area contributed by atoms with E-state index in [1.807, 2.05) is 5.38 Å². The number of carbonyl (C=O) groups is 2. The van der Waals surface area contributed by atoms with Gasteiger partial charge in [0.2, 0.25) is 5.91 Å². The normalized spacial score (nSPS) is 16.0. The van der Waals surface area contributed by atoms with Crippen molar-refractivity contribution in [1.82, 2.24) is 9.88 Å². The van der Waals surface area contributed by atoms with Crippen LogP contribution >= 0.6 is 22.9 Å². The molecular formula is C17H18ClN3O2S. The Balaban J connectivity index is 1.47. The van der Waals surface area contributed by atoms with Crippen LogP contribution in [0.5, 0.6) is 0 Å². The zero-order chi connectivity index (χ0) is 16.9. The number of anilines is 1. The standard InChI is InChI=1S/C17H18ClN3O2S/c18-14-3-1-12(2-4-14)16(23)13-5-8-21(9-6-13)11-15(22)20-17-19-7-10-24-17/h1-4,7,10,13H,5-6,8-9,11H2,(H,19,20,22). The number of likely N-dealkylation sites (tertiary alicyclic amines) is 1. The second kappa shape index (κ2) is 7.88. The highest BCUT2D eigenvalue weighted by Crippen LogP contribution is 2.22. The fourth-order valence-electron chi connectivity index (χ4n) is 2.85. The molecule has 1 aromatic heterocycles. The molecule has 3 rings (SSSR count). The summed E-state index contributed by atoms with van der Waals surface area (Å²) in [5.41, 5.74) is 0.708. The highest BCUT2D eigenvalue weighted by Gasteiger charge is 2.26. The average Bonchev–Trinajstić information content (AvgIpc) is 3.08. The highest BCUT2D eigenvalue weighted by molar-refractivity contribution is 7.13. The van der Waals surface area contributed by atoms with Crippen LogP contribution in [0.25, 0.3) is 0 Å². The second-order valence-electron chi connectivity index (χ2n) is 5.81. The van der Waals surface area contributed by atoms with Gasteiger partial charge in [0.05, 0.1) is 6.54 Å². The van der Waals surface area contributed by atoms with E-state index in [0.717, 1.165) is 25.9 Å². The monoisotopic (exact) mass is 363 g/mol. The number of aromatic nitrogens is 1. The molecule has 126 valence electrons. The van der Waals surface area contributed by atoms with Crippen molar-refractivity contribution < 1.29 is 9.59 Å². The molecule has 0 unspecified atom stereocenters. The van der Waals surface area contributed by atoms with Gasteiger partial charge in [-0.25, -0.2) is 4.98 Å². The third-order valence-electron chi connectivity index (χ3n) is 4.13. The van der Waals surface area contributed by atoms with Crippen molar-refractivity contribution in [3.63, 3.8) is 0 Å². The SMILES string of the molecule is O=C(CN1CCC(C(=O)c2ccc(Cl)cc2)CC1)Nc1nccs1. The maximum atomic E-state index is 12.5. The third-order valence-corrected chi connectivity index (χ3v) is 5.07. The Morgan fingerprint density at radius 2 is 1.96 bits per heavy atom. The number of thiazole rings is 1. The number of benzene rings is 1. The molecule has 2 heterocycles. The van der Waals surface area contributed by atoms with Crippen molar-refractivity contribution in [3.8, 4) is 0 Å². The van der Waals surface area contributed by atoms with Gasteiger partial charge in [0.15, 0.2) is 10.9 Å². The second-order valence-corrected chi connectivity index (χ2v) is 7.14. The van der Waals surface area contributed by atoms with Gasteiger partial charge in [0.1, 0.15) is 0 Å². The molecule has 1 aromatic carbocycles. The number of hydrogen-bond acceptors (Lipinski definition) is 5. The molecule has 2 aromatic rings. The van der Waals surface area contributed by atoms with Crippen LogP contribution in [0.3, 0.4) is 0 Å². The number of nitrogens with one attached hydrogen (secondary N) is 1. The number of ketones is 1. The van der Waals surface area contributed by atoms with Crippen LogP contribution < -0.4 is 5.32 Å². The Kier molecular flexibility index (Phi) is 5.60. The lowest BCUT2D eigenvalue weighted by Crippen LogP contribution is -2.40. The van der Waals surface area contributed by atoms with E-state index in [2.05, 4.69) is 15.2 Å². The molecule has 1 saturated heterocycles. The number of hydrogen-bond donors (Lipinski definition) is 1. The lowest BCUT2D eigenvalue weighted by Gasteiger charge is -2.30. The maximum Gasteiger partial charge on any atom is 0.240 e. The van der Waals surface area contributed by atoms with E-state index >= 15 is 0 Å². The molecule has 0 radical (unpaired) electrons. The first-order valence-corrected chi connectivity index (χ1v) is 9.09. The molecule has 0 bridgehead atoms. The van der Waals surface area contributed by atoms with Crippen molar-refractivity contribution in [2.75, 3.05) is 25.0 Å². The third kappa shape index (κ3) is 4.41. The zero-order valence-electron chi connectivity index (χ0n) is 13.1. The zero-order valence-corrected chi connectivity index (χ0v) is 14.6. The molecule has 0 aliphatic carbocycles. The lowest BCUT2D eigenvalue weighted by molar-refractivity contribution is -0.117. The molecule has 0 saturated carbocycles. The van der Waals surface area contributed by atoms with Gasteiger partial charge < -0.3 is 5.32 Å². The number of piperidine rings is 1. The number of halogens is 1. The quantitative estimate of drug-likeness (QED) is 0.828. The van der Waals surface area contributed by atoms with Gasteiger partial charge in [-0.1, -0.05) is 11.6 Å². The van der Waals surface area contributed by atoms with Crippen molar-refractivity contribution in [2.45, 2.75) is 12.8 Å². The fraction of sp³-hybridized carbons (Fsp3) is 0.353. The number of amides is 1. The largest absolute Gasteiger partial charge is 0.301 e. The summed E-state index contributed by atoms with van der Waals surface area (Å²) in [5.74, 6) is 0.121. The van der Waals surface area contributed by atoms with Crippen molar-refractivity contribution in [1.29, 1.82) is 0 Å². The summed E-state index contributed by atoms with van der Waals surface area (Å²) < 4.78 is 0. The Hall–Kier alpha value is -1.76. The van der Waals surface area contributed by atoms with Gasteiger partial charge in [-0.15, -0.1) is 11.3 Å². The molecule has 1 fully saturated rings. The smallest absolute Gasteiger partial charge is 0.240 e. The topological polar surface area (TPSA) is 62.3 Å². The fourth-order valence-corrected chi connectivity index (χ4v) is 3.52. The van der Waals surface area contributed by atoms with Crippen LogP contribution in [0.4, 0.5) is 5.13 Å². The maximum absolute atomic E-state index is 12.5. The minimum absolute atomic E-state index is 0.0180. The van der Waals surface area contributed by atoms with Gasteiger partial charge in [0, 0.05) is 28.1 Å². The molecule has 5 nitrogen and oxygen atoms in total. The van der Waals surface area contributed by atoms with Crippen LogP contribution in [-0.4, -0.2) is 41.2 Å². The van der Waals surface area contributed by atoms with E-state index in [4.69, 9.17) is 11.6 Å². The molecule has 7 heteroatoms. The van der Waals surface area contributed by atoms with Crippen LogP contribution in [-0.2, 0) is 4.79 Å². The van der Waals surface area contributed by atoms with E-state index in [1.54, 1.807) is 30.5 Å². The predicted octanol–water partition coefficient (Wildman–Crippen LogP) is 3.33. The summed E-state index contributed by atoms with van der Waals surface area (Å²) in [7, 11) is 0. The first kappa shape index (κ1) is 17.1. The Morgan fingerprint density at radius 1 is 1.25 bits per heavy atom. The molecule has 0 spiro atoms. The predicted molar refractivity (Wildman–Crippen MR) is 95.7 cm³/mol. The Labute approximate surface area is 149 Å². The van der Waals surface area contributed by atoms with Crippen molar-refractivity contribution in [3.05, 3.63) is 46.4 Å². The van der Waals surface area contributed by atoms with Gasteiger partial charge in [-0.05, 0) is 50.2 Å². The van der Waals surface area contributed by atoms with Gasteiger partial charge in [-0.3, -0.25) is 14.5 Å². The molecule has 24 heavy (non-hydrogen) atoms. The van der Waals surface area contributed by atoms with E-state index in [0.29, 0.717) is 22.3 Å². The van der Waals surface area contributed by atoms with Gasteiger partial charge in [0.25, 0.3) is 0 Å². The van der Waals surface area contributed by atoms with Crippen LogP contribution in [0, 0.1) is 5.92 Å². The molecule has 1 N–H and O–H groups in total. The molecule has 1 aliphatic heterocycles. The van der Waals surface area contributed by atoms with Gasteiger partial charge >= 0.3 is 0 Å². The minimum atomic E-state index is -0.0626. The molecule has 1 amide bonds. The highest BCUT2D eigenvalue weighted by atomic mass is 35.5. The molecular weight excluding hydrogens is 346 g/mol. The summed E-state index contributed by atoms with van der Waals surface area (Å²) in [6.07, 6.45) is 3.20. The van der Waals surface area contributed by atoms with E-state index in [1.165, 1.54) is 11.3 Å². The number of carbonyl (C=O) groups excluding carboxylic acids is 2. The van der Waals surface area contributed by atoms with Crippen LogP contribution in [0.1, 0.15) is 23.2 Å². The summed E-state index contributed by atoms with van der Waals surface area (Å²) in [4.78, 5) is 30.6. The van der Waals surface area contributed by atoms with E-state index in [9.17, 15) is 9.59 Å². The van der Waals surface area contributed by atoms with Gasteiger partial charge in [-0.2, -0.15) is 0 Å². The Bertz CT molecular complexity index is 695. The summed E-state index contributed by atoms with van der Waals surface area (Å²) in [5, 5.41) is 5.85. The first-order valence-electron chi connectivity index (χ1n) is 7.83. The first-order chi connectivity index (χ1) is 11.6. The van der Waals surface area contributed by atoms with E-state index in [-0.39, 0.29) is 17.6 Å². The summed E-state index contributed by atoms with van der Waals surface area (Å²) in [6, 6.07) is 7.04. The summed E-state index contributed by atoms with van der Waals surface area (Å²) >= 11 is 7.26. The minimum Gasteiger partial charge on any atom is -0.301 e. The van der Waals surface area contributed by atoms with Crippen molar-refractivity contribution >= 4 is 39.8 Å². The summed E-state index contributed by atoms with van der Waals surface area (Å²) in [6.45, 7) is 1.83. The van der Waals surface area contributed by atoms with E-state index < -0.39 is 0 Å². The Morgan fingerprint density at radius 3 is 2.58 bits per heavy atom. The molecule has 1 aliphatic rings. The number of Topliss-reactive ketones (excluding diaryl/α,β-unsaturated/α-hetero) is 1. The molecule has 0 atom stereocenters.